The van der Waals surface area contributed by atoms with Crippen LogP contribution in [0.2, 0.25) is 0 Å². The summed E-state index contributed by atoms with van der Waals surface area (Å²) in [6.45, 7) is 1.81. The fraction of sp³-hybridized carbons (Fsp3) is 0.125. The molecule has 10 heteroatoms. The fourth-order valence-corrected chi connectivity index (χ4v) is 3.42. The molecule has 4 rings (SSSR count). The van der Waals surface area contributed by atoms with Gasteiger partial charge in [0.05, 0.1) is 18.4 Å². The molecule has 0 fully saturated rings. The van der Waals surface area contributed by atoms with E-state index < -0.39 is 17.8 Å². The molecule has 34 heavy (non-hydrogen) atoms. The maximum atomic E-state index is 13.1. The molecular formula is C24H20F3N5O2. The van der Waals surface area contributed by atoms with E-state index in [1.807, 2.05) is 35.9 Å². The van der Waals surface area contributed by atoms with Crippen LogP contribution >= 0.6 is 0 Å². The SMILES string of the molecule is COc1ccc(C(F)(F)F)cc1NC(=O)Nc1ccc(-n2ccnc2-c2cccnc2)cc1C. The number of nitrogens with zero attached hydrogens (tertiary/aromatic N) is 3. The largest absolute Gasteiger partial charge is 0.495 e. The van der Waals surface area contributed by atoms with Gasteiger partial charge in [-0.05, 0) is 61.0 Å². The second kappa shape index (κ2) is 9.26. The average molecular weight is 467 g/mol. The molecule has 0 aliphatic carbocycles. The van der Waals surface area contributed by atoms with Crippen LogP contribution in [0.15, 0.2) is 73.3 Å². The Balaban J connectivity index is 1.54. The average Bonchev–Trinajstić information content (AvgIpc) is 3.30. The van der Waals surface area contributed by atoms with E-state index in [4.69, 9.17) is 4.74 Å². The number of pyridine rings is 1. The van der Waals surface area contributed by atoms with Gasteiger partial charge in [-0.15, -0.1) is 0 Å². The number of ether oxygens (including phenoxy) is 1. The summed E-state index contributed by atoms with van der Waals surface area (Å²) in [6.07, 6.45) is 2.35. The lowest BCUT2D eigenvalue weighted by molar-refractivity contribution is -0.137. The Morgan fingerprint density at radius 2 is 1.82 bits per heavy atom. The second-order valence-corrected chi connectivity index (χ2v) is 7.35. The van der Waals surface area contributed by atoms with Gasteiger partial charge in [0.2, 0.25) is 0 Å². The smallest absolute Gasteiger partial charge is 0.416 e. The minimum Gasteiger partial charge on any atom is -0.495 e. The van der Waals surface area contributed by atoms with Crippen LogP contribution in [-0.4, -0.2) is 27.7 Å². The van der Waals surface area contributed by atoms with Crippen molar-refractivity contribution in [1.82, 2.24) is 14.5 Å². The van der Waals surface area contributed by atoms with Crippen molar-refractivity contribution in [2.24, 2.45) is 0 Å². The first-order valence-electron chi connectivity index (χ1n) is 10.1. The number of carbonyl (C=O) groups is 1. The number of carbonyl (C=O) groups excluding carboxylic acids is 1. The van der Waals surface area contributed by atoms with Gasteiger partial charge in [0.1, 0.15) is 11.6 Å². The highest BCUT2D eigenvalue weighted by Gasteiger charge is 2.31. The van der Waals surface area contributed by atoms with E-state index >= 15 is 0 Å². The van der Waals surface area contributed by atoms with Gasteiger partial charge in [0, 0.05) is 41.7 Å². The monoisotopic (exact) mass is 467 g/mol. The fourth-order valence-electron chi connectivity index (χ4n) is 3.42. The Morgan fingerprint density at radius 3 is 2.50 bits per heavy atom. The number of alkyl halides is 3. The Kier molecular flexibility index (Phi) is 6.22. The van der Waals surface area contributed by atoms with E-state index in [9.17, 15) is 18.0 Å². The number of benzene rings is 2. The third-order valence-corrected chi connectivity index (χ3v) is 5.07. The zero-order valence-corrected chi connectivity index (χ0v) is 18.2. The van der Waals surface area contributed by atoms with Crippen molar-refractivity contribution in [3.63, 3.8) is 0 Å². The standard InChI is InChI=1S/C24H20F3N5O2/c1-15-12-18(32-11-10-29-22(32)16-4-3-9-28-14-16)6-7-19(15)30-23(33)31-20-13-17(24(25,26)27)5-8-21(20)34-2/h3-14H,1-2H3,(H2,30,31,33). The highest BCUT2D eigenvalue weighted by atomic mass is 19.4. The molecule has 2 aromatic carbocycles. The predicted octanol–water partition coefficient (Wildman–Crippen LogP) is 5.91. The van der Waals surface area contributed by atoms with Crippen LogP contribution in [0, 0.1) is 6.92 Å². The van der Waals surface area contributed by atoms with Crippen LogP contribution in [-0.2, 0) is 6.18 Å². The molecule has 0 atom stereocenters. The number of nitrogens with one attached hydrogen (secondary N) is 2. The first-order valence-corrected chi connectivity index (χ1v) is 10.1. The van der Waals surface area contributed by atoms with E-state index in [0.717, 1.165) is 35.0 Å². The lowest BCUT2D eigenvalue weighted by Gasteiger charge is -2.15. The van der Waals surface area contributed by atoms with Crippen molar-refractivity contribution in [1.29, 1.82) is 0 Å². The predicted molar refractivity (Wildman–Crippen MR) is 122 cm³/mol. The zero-order valence-electron chi connectivity index (χ0n) is 18.2. The van der Waals surface area contributed by atoms with E-state index in [2.05, 4.69) is 20.6 Å². The summed E-state index contributed by atoms with van der Waals surface area (Å²) in [5.41, 5.74) is 1.92. The molecule has 7 nitrogen and oxygen atoms in total. The molecule has 0 spiro atoms. The maximum absolute atomic E-state index is 13.1. The summed E-state index contributed by atoms with van der Waals surface area (Å²) < 4.78 is 46.1. The van der Waals surface area contributed by atoms with Crippen molar-refractivity contribution in [3.05, 3.63) is 84.4 Å². The van der Waals surface area contributed by atoms with Gasteiger partial charge in [-0.25, -0.2) is 9.78 Å². The van der Waals surface area contributed by atoms with Crippen LogP contribution in [0.5, 0.6) is 5.75 Å². The summed E-state index contributed by atoms with van der Waals surface area (Å²) in [6, 6.07) is 11.3. The molecule has 2 aromatic heterocycles. The molecule has 0 aliphatic heterocycles. The van der Waals surface area contributed by atoms with E-state index in [1.165, 1.54) is 7.11 Å². The molecule has 0 bridgehead atoms. The summed E-state index contributed by atoms with van der Waals surface area (Å²) >= 11 is 0. The lowest BCUT2D eigenvalue weighted by atomic mass is 10.1. The van der Waals surface area contributed by atoms with E-state index in [1.54, 1.807) is 30.7 Å². The zero-order chi connectivity index (χ0) is 24.3. The highest BCUT2D eigenvalue weighted by Crippen LogP contribution is 2.35. The first kappa shape index (κ1) is 22.8. The highest BCUT2D eigenvalue weighted by molar-refractivity contribution is 6.01. The third-order valence-electron chi connectivity index (χ3n) is 5.07. The van der Waals surface area contributed by atoms with Gasteiger partial charge in [-0.2, -0.15) is 13.2 Å². The minimum absolute atomic E-state index is 0.0939. The number of hydrogen-bond acceptors (Lipinski definition) is 4. The topological polar surface area (TPSA) is 81.1 Å². The van der Waals surface area contributed by atoms with Crippen molar-refractivity contribution in [2.75, 3.05) is 17.7 Å². The van der Waals surface area contributed by atoms with Gasteiger partial charge in [-0.1, -0.05) is 0 Å². The number of amides is 2. The summed E-state index contributed by atoms with van der Waals surface area (Å²) in [5.74, 6) is 0.820. The van der Waals surface area contributed by atoms with Crippen LogP contribution in [0.3, 0.4) is 0 Å². The van der Waals surface area contributed by atoms with Crippen LogP contribution in [0.1, 0.15) is 11.1 Å². The number of imidazole rings is 1. The molecule has 0 saturated heterocycles. The first-order chi connectivity index (χ1) is 16.3. The summed E-state index contributed by atoms with van der Waals surface area (Å²) in [5, 5.41) is 5.09. The van der Waals surface area contributed by atoms with Gasteiger partial charge >= 0.3 is 12.2 Å². The molecule has 174 valence electrons. The van der Waals surface area contributed by atoms with Crippen molar-refractivity contribution >= 4 is 17.4 Å². The molecule has 0 aliphatic rings. The number of methoxy groups -OCH3 is 1. The normalized spacial score (nSPS) is 11.2. The number of hydrogen-bond donors (Lipinski definition) is 2. The Morgan fingerprint density at radius 1 is 1.03 bits per heavy atom. The number of aromatic nitrogens is 3. The maximum Gasteiger partial charge on any atom is 0.416 e. The third kappa shape index (κ3) is 4.85. The Labute approximate surface area is 193 Å². The van der Waals surface area contributed by atoms with Crippen molar-refractivity contribution in [2.45, 2.75) is 13.1 Å². The van der Waals surface area contributed by atoms with E-state index in [0.29, 0.717) is 11.5 Å². The molecule has 0 radical (unpaired) electrons. The summed E-state index contributed by atoms with van der Waals surface area (Å²) in [4.78, 5) is 21.1. The van der Waals surface area contributed by atoms with Gasteiger partial charge < -0.3 is 15.4 Å². The van der Waals surface area contributed by atoms with Crippen LogP contribution in [0.4, 0.5) is 29.3 Å². The number of anilines is 2. The Hall–Kier alpha value is -4.34. The molecule has 0 unspecified atom stereocenters. The second-order valence-electron chi connectivity index (χ2n) is 7.35. The quantitative estimate of drug-likeness (QED) is 0.382. The minimum atomic E-state index is -4.55. The lowest BCUT2D eigenvalue weighted by Crippen LogP contribution is -2.21. The van der Waals surface area contributed by atoms with Crippen LogP contribution in [0.25, 0.3) is 17.1 Å². The molecule has 4 aromatic rings. The summed E-state index contributed by atoms with van der Waals surface area (Å²) in [7, 11) is 1.31. The number of urea groups is 1. The van der Waals surface area contributed by atoms with Gasteiger partial charge in [0.15, 0.2) is 0 Å². The number of rotatable bonds is 5. The Bertz CT molecular complexity index is 1320. The van der Waals surface area contributed by atoms with Gasteiger partial charge in [-0.3, -0.25) is 9.55 Å². The molecule has 2 heterocycles. The van der Waals surface area contributed by atoms with Gasteiger partial charge in [0.25, 0.3) is 0 Å². The van der Waals surface area contributed by atoms with Crippen LogP contribution < -0.4 is 15.4 Å². The van der Waals surface area contributed by atoms with Crippen molar-refractivity contribution < 1.29 is 22.7 Å². The molecule has 0 saturated carbocycles. The van der Waals surface area contributed by atoms with Crippen molar-refractivity contribution in [3.8, 4) is 22.8 Å². The molecule has 2 N–H and O–H groups in total. The molecular weight excluding hydrogens is 447 g/mol. The van der Waals surface area contributed by atoms with E-state index in [-0.39, 0.29) is 11.4 Å². The number of halogens is 3. The molecule has 2 amide bonds. The number of aryl methyl sites for hydroxylation is 1.